The summed E-state index contributed by atoms with van der Waals surface area (Å²) in [4.78, 5) is 22.3. The van der Waals surface area contributed by atoms with Gasteiger partial charge in [-0.1, -0.05) is 13.8 Å². The zero-order chi connectivity index (χ0) is 9.72. The first-order valence-electron chi connectivity index (χ1n) is 4.16. The van der Waals surface area contributed by atoms with Gasteiger partial charge in [0.05, 0.1) is 7.11 Å². The molecule has 2 atom stereocenters. The van der Waals surface area contributed by atoms with Gasteiger partial charge in [0.15, 0.2) is 0 Å². The first-order chi connectivity index (χ1) is 5.54. The number of ketones is 1. The molecule has 0 aromatic heterocycles. The van der Waals surface area contributed by atoms with Gasteiger partial charge < -0.3 is 4.74 Å². The fraction of sp³-hybridized carbons (Fsp3) is 0.778. The van der Waals surface area contributed by atoms with Crippen molar-refractivity contribution >= 4 is 11.8 Å². The molecule has 0 saturated heterocycles. The third kappa shape index (κ3) is 2.64. The molecule has 12 heavy (non-hydrogen) atoms. The van der Waals surface area contributed by atoms with Gasteiger partial charge >= 0.3 is 5.97 Å². The lowest BCUT2D eigenvalue weighted by Crippen LogP contribution is -2.26. The Bertz CT molecular complexity index is 175. The van der Waals surface area contributed by atoms with Crippen LogP contribution >= 0.6 is 0 Å². The molecule has 0 radical (unpaired) electrons. The highest BCUT2D eigenvalue weighted by atomic mass is 16.5. The predicted molar refractivity (Wildman–Crippen MR) is 45.6 cm³/mol. The Morgan fingerprint density at radius 1 is 1.33 bits per heavy atom. The summed E-state index contributed by atoms with van der Waals surface area (Å²) in [6.45, 7) is 5.33. The van der Waals surface area contributed by atoms with Gasteiger partial charge in [0.1, 0.15) is 11.7 Å². The van der Waals surface area contributed by atoms with Crippen molar-refractivity contribution in [3.8, 4) is 0 Å². The van der Waals surface area contributed by atoms with Crippen LogP contribution in [0.4, 0.5) is 0 Å². The highest BCUT2D eigenvalue weighted by Gasteiger charge is 2.25. The lowest BCUT2D eigenvalue weighted by Gasteiger charge is -2.12. The second kappa shape index (κ2) is 4.91. The summed E-state index contributed by atoms with van der Waals surface area (Å²) in [6.07, 6.45) is 0.764. The maximum absolute atomic E-state index is 11.4. The van der Waals surface area contributed by atoms with Crippen molar-refractivity contribution in [1.29, 1.82) is 0 Å². The molecule has 0 aromatic carbocycles. The molecule has 0 rings (SSSR count). The van der Waals surface area contributed by atoms with E-state index in [2.05, 4.69) is 4.74 Å². The van der Waals surface area contributed by atoms with Crippen LogP contribution in [0.1, 0.15) is 27.2 Å². The summed E-state index contributed by atoms with van der Waals surface area (Å²) in [5.74, 6) is -1.16. The Balaban J connectivity index is 4.19. The topological polar surface area (TPSA) is 43.4 Å². The molecule has 70 valence electrons. The van der Waals surface area contributed by atoms with E-state index in [0.717, 1.165) is 6.42 Å². The van der Waals surface area contributed by atoms with Crippen molar-refractivity contribution in [3.05, 3.63) is 0 Å². The second-order valence-corrected chi connectivity index (χ2v) is 2.96. The lowest BCUT2D eigenvalue weighted by atomic mass is 9.94. The van der Waals surface area contributed by atoms with E-state index < -0.39 is 11.9 Å². The quantitative estimate of drug-likeness (QED) is 0.475. The number of ether oxygens (including phenoxy) is 1. The number of carbonyl (C=O) groups excluding carboxylic acids is 2. The van der Waals surface area contributed by atoms with E-state index in [4.69, 9.17) is 0 Å². The second-order valence-electron chi connectivity index (χ2n) is 2.96. The van der Waals surface area contributed by atoms with Crippen molar-refractivity contribution in [2.75, 3.05) is 7.11 Å². The van der Waals surface area contributed by atoms with Crippen LogP contribution in [-0.4, -0.2) is 18.9 Å². The Morgan fingerprint density at radius 3 is 2.17 bits per heavy atom. The van der Waals surface area contributed by atoms with Crippen LogP contribution in [0.5, 0.6) is 0 Å². The van der Waals surface area contributed by atoms with Crippen LogP contribution in [0.15, 0.2) is 0 Å². The summed E-state index contributed by atoms with van der Waals surface area (Å²) in [7, 11) is 1.29. The third-order valence-electron chi connectivity index (χ3n) is 2.08. The normalized spacial score (nSPS) is 15.0. The Hall–Kier alpha value is -0.860. The van der Waals surface area contributed by atoms with Gasteiger partial charge in [-0.15, -0.1) is 0 Å². The molecule has 3 heteroatoms. The molecule has 0 saturated carbocycles. The number of hydrogen-bond donors (Lipinski definition) is 0. The average Bonchev–Trinajstić information content (AvgIpc) is 2.12. The zero-order valence-corrected chi connectivity index (χ0v) is 8.09. The number of methoxy groups -OCH3 is 1. The van der Waals surface area contributed by atoms with Crippen LogP contribution in [0.25, 0.3) is 0 Å². The number of Topliss-reactive ketones (excluding diaryl/α,β-unsaturated/α-hetero) is 1. The van der Waals surface area contributed by atoms with Crippen LogP contribution in [0.3, 0.4) is 0 Å². The summed E-state index contributed by atoms with van der Waals surface area (Å²) < 4.78 is 4.47. The van der Waals surface area contributed by atoms with Gasteiger partial charge in [0.2, 0.25) is 0 Å². The standard InChI is InChI=1S/C9H16O3/c1-5-6(2)8(10)7(3)9(11)12-4/h6-7H,5H2,1-4H3. The first-order valence-corrected chi connectivity index (χ1v) is 4.16. The smallest absolute Gasteiger partial charge is 0.315 e. The first kappa shape index (κ1) is 11.1. The number of rotatable bonds is 4. The van der Waals surface area contributed by atoms with Gasteiger partial charge in [-0.2, -0.15) is 0 Å². The van der Waals surface area contributed by atoms with E-state index in [1.807, 2.05) is 13.8 Å². The minimum atomic E-state index is -0.620. The predicted octanol–water partition coefficient (Wildman–Crippen LogP) is 1.41. The Labute approximate surface area is 73.1 Å². The molecule has 0 aromatic rings. The fourth-order valence-electron chi connectivity index (χ4n) is 0.921. The van der Waals surface area contributed by atoms with Gasteiger partial charge in [0.25, 0.3) is 0 Å². The molecular weight excluding hydrogens is 156 g/mol. The van der Waals surface area contributed by atoms with Crippen molar-refractivity contribution in [2.45, 2.75) is 27.2 Å². The summed E-state index contributed by atoms with van der Waals surface area (Å²) in [5, 5.41) is 0. The van der Waals surface area contributed by atoms with E-state index >= 15 is 0 Å². The molecule has 0 N–H and O–H groups in total. The van der Waals surface area contributed by atoms with E-state index in [0.29, 0.717) is 0 Å². The summed E-state index contributed by atoms with van der Waals surface area (Å²) in [5.41, 5.74) is 0. The van der Waals surface area contributed by atoms with E-state index in [1.54, 1.807) is 6.92 Å². The molecule has 0 bridgehead atoms. The SMILES string of the molecule is CCC(C)C(=O)C(C)C(=O)OC. The average molecular weight is 172 g/mol. The molecule has 2 unspecified atom stereocenters. The number of esters is 1. The van der Waals surface area contributed by atoms with E-state index in [-0.39, 0.29) is 11.7 Å². The van der Waals surface area contributed by atoms with Gasteiger partial charge in [-0.25, -0.2) is 0 Å². The molecule has 0 amide bonds. The molecule has 0 aliphatic carbocycles. The summed E-state index contributed by atoms with van der Waals surface area (Å²) >= 11 is 0. The van der Waals surface area contributed by atoms with Gasteiger partial charge in [0, 0.05) is 5.92 Å². The van der Waals surface area contributed by atoms with Crippen molar-refractivity contribution in [1.82, 2.24) is 0 Å². The monoisotopic (exact) mass is 172 g/mol. The Kier molecular flexibility index (Phi) is 4.55. The van der Waals surface area contributed by atoms with Crippen molar-refractivity contribution in [2.24, 2.45) is 11.8 Å². The molecule has 3 nitrogen and oxygen atoms in total. The molecule has 0 aliphatic rings. The van der Waals surface area contributed by atoms with Crippen molar-refractivity contribution < 1.29 is 14.3 Å². The summed E-state index contributed by atoms with van der Waals surface area (Å²) in [6, 6.07) is 0. The maximum Gasteiger partial charge on any atom is 0.315 e. The highest BCUT2D eigenvalue weighted by Crippen LogP contribution is 2.11. The molecule has 0 spiro atoms. The zero-order valence-electron chi connectivity index (χ0n) is 8.09. The van der Waals surface area contributed by atoms with Gasteiger partial charge in [-0.05, 0) is 13.3 Å². The highest BCUT2D eigenvalue weighted by molar-refractivity contribution is 5.99. The van der Waals surface area contributed by atoms with E-state index in [9.17, 15) is 9.59 Å². The number of hydrogen-bond acceptors (Lipinski definition) is 3. The molecule has 0 aliphatic heterocycles. The molecule has 0 heterocycles. The van der Waals surface area contributed by atoms with E-state index in [1.165, 1.54) is 7.11 Å². The lowest BCUT2D eigenvalue weighted by molar-refractivity contribution is -0.149. The Morgan fingerprint density at radius 2 is 1.83 bits per heavy atom. The minimum Gasteiger partial charge on any atom is -0.468 e. The van der Waals surface area contributed by atoms with Crippen molar-refractivity contribution in [3.63, 3.8) is 0 Å². The maximum atomic E-state index is 11.4. The van der Waals surface area contributed by atoms with Crippen LogP contribution in [-0.2, 0) is 14.3 Å². The minimum absolute atomic E-state index is 0.0376. The van der Waals surface area contributed by atoms with Gasteiger partial charge in [-0.3, -0.25) is 9.59 Å². The number of carbonyl (C=O) groups is 2. The molecule has 0 fully saturated rings. The third-order valence-corrected chi connectivity index (χ3v) is 2.08. The molecular formula is C9H16O3. The van der Waals surface area contributed by atoms with Crippen LogP contribution in [0, 0.1) is 11.8 Å². The fourth-order valence-corrected chi connectivity index (χ4v) is 0.921. The van der Waals surface area contributed by atoms with Crippen LogP contribution in [0.2, 0.25) is 0 Å². The van der Waals surface area contributed by atoms with Crippen LogP contribution < -0.4 is 0 Å². The largest absolute Gasteiger partial charge is 0.468 e.